The predicted octanol–water partition coefficient (Wildman–Crippen LogP) is 5.79. The van der Waals surface area contributed by atoms with Crippen LogP contribution in [0, 0.1) is 6.92 Å². The van der Waals surface area contributed by atoms with E-state index in [9.17, 15) is 14.7 Å². The number of rotatable bonds is 11. The lowest BCUT2D eigenvalue weighted by atomic mass is 9.94. The van der Waals surface area contributed by atoms with Gasteiger partial charge >= 0.3 is 0 Å². The molecule has 2 aromatic rings. The van der Waals surface area contributed by atoms with E-state index in [2.05, 4.69) is 6.92 Å². The Hall–Kier alpha value is -3.28. The molecule has 0 saturated carbocycles. The van der Waals surface area contributed by atoms with Crippen LogP contribution in [0.4, 0.5) is 0 Å². The van der Waals surface area contributed by atoms with E-state index in [0.29, 0.717) is 31.7 Å². The van der Waals surface area contributed by atoms with Gasteiger partial charge in [-0.05, 0) is 67.6 Å². The molecule has 3 rings (SSSR count). The number of unbranched alkanes of at least 4 members (excludes halogenated alkanes) is 1. The summed E-state index contributed by atoms with van der Waals surface area (Å²) in [4.78, 5) is 27.5. The highest BCUT2D eigenvalue weighted by atomic mass is 16.5. The first-order valence-electron chi connectivity index (χ1n) is 12.2. The monoisotopic (exact) mass is 465 g/mol. The van der Waals surface area contributed by atoms with Crippen LogP contribution in [0.3, 0.4) is 0 Å². The maximum absolute atomic E-state index is 13.1. The maximum atomic E-state index is 13.1. The molecule has 1 unspecified atom stereocenters. The van der Waals surface area contributed by atoms with Crippen molar-refractivity contribution in [2.24, 2.45) is 0 Å². The summed E-state index contributed by atoms with van der Waals surface area (Å²) in [5, 5.41) is 11.2. The maximum Gasteiger partial charge on any atom is 0.295 e. The Morgan fingerprint density at radius 2 is 1.68 bits per heavy atom. The van der Waals surface area contributed by atoms with Gasteiger partial charge in [0.2, 0.25) is 0 Å². The van der Waals surface area contributed by atoms with Gasteiger partial charge in [0, 0.05) is 12.1 Å². The van der Waals surface area contributed by atoms with E-state index in [4.69, 9.17) is 9.47 Å². The molecule has 2 aromatic carbocycles. The Morgan fingerprint density at radius 3 is 2.29 bits per heavy atom. The Bertz CT molecular complexity index is 1040. The van der Waals surface area contributed by atoms with Crippen LogP contribution in [-0.2, 0) is 9.59 Å². The molecule has 1 heterocycles. The molecule has 6 nitrogen and oxygen atoms in total. The van der Waals surface area contributed by atoms with Crippen molar-refractivity contribution in [2.75, 3.05) is 19.8 Å². The Balaban J connectivity index is 2.01. The largest absolute Gasteiger partial charge is 0.507 e. The molecule has 0 radical (unpaired) electrons. The topological polar surface area (TPSA) is 76.1 Å². The highest BCUT2D eigenvalue weighted by Gasteiger charge is 2.45. The normalized spacial score (nSPS) is 17.3. The third-order valence-electron chi connectivity index (χ3n) is 5.88. The molecular weight excluding hydrogens is 430 g/mol. The van der Waals surface area contributed by atoms with E-state index in [1.165, 1.54) is 0 Å². The van der Waals surface area contributed by atoms with Gasteiger partial charge < -0.3 is 19.5 Å². The van der Waals surface area contributed by atoms with Crippen molar-refractivity contribution in [3.05, 3.63) is 64.7 Å². The van der Waals surface area contributed by atoms with Crippen LogP contribution in [0.15, 0.2) is 48.0 Å². The molecule has 1 fully saturated rings. The lowest BCUT2D eigenvalue weighted by Gasteiger charge is -2.25. The highest BCUT2D eigenvalue weighted by molar-refractivity contribution is 6.46. The zero-order valence-corrected chi connectivity index (χ0v) is 20.6. The van der Waals surface area contributed by atoms with E-state index in [1.807, 2.05) is 45.0 Å². The van der Waals surface area contributed by atoms with Gasteiger partial charge in [-0.1, -0.05) is 39.3 Å². The van der Waals surface area contributed by atoms with Gasteiger partial charge in [0.1, 0.15) is 17.3 Å². The molecule has 182 valence electrons. The number of aliphatic hydroxyl groups is 1. The number of hydrogen-bond acceptors (Lipinski definition) is 5. The quantitative estimate of drug-likeness (QED) is 0.197. The first-order valence-corrected chi connectivity index (χ1v) is 12.2. The molecule has 1 aliphatic heterocycles. The number of ether oxygens (including phenoxy) is 2. The smallest absolute Gasteiger partial charge is 0.295 e. The summed E-state index contributed by atoms with van der Waals surface area (Å²) >= 11 is 0. The van der Waals surface area contributed by atoms with Gasteiger partial charge in [0.05, 0.1) is 24.8 Å². The summed E-state index contributed by atoms with van der Waals surface area (Å²) in [6.07, 6.45) is 3.61. The molecule has 1 N–H and O–H groups in total. The number of ketones is 1. The molecular formula is C28H35NO5. The van der Waals surface area contributed by atoms with E-state index in [-0.39, 0.29) is 11.3 Å². The second-order valence-corrected chi connectivity index (χ2v) is 8.59. The number of likely N-dealkylation sites (tertiary alicyclic amines) is 1. The number of aliphatic hydroxyl groups excluding tert-OH is 1. The molecule has 1 aliphatic rings. The molecule has 6 heteroatoms. The standard InChI is InChI=1S/C28H35NO5/c1-5-8-17-33-22-12-9-20(10-13-22)25-24(27(31)28(32)29(25)15-6-2)26(30)21-11-14-23(19(4)18-21)34-16-7-3/h9-14,18,25,30H,5-8,15-17H2,1-4H3/b26-24-. The fourth-order valence-electron chi connectivity index (χ4n) is 4.10. The number of benzene rings is 2. The Morgan fingerprint density at radius 1 is 0.941 bits per heavy atom. The van der Waals surface area contributed by atoms with Crippen molar-refractivity contribution in [2.45, 2.75) is 59.4 Å². The van der Waals surface area contributed by atoms with E-state index < -0.39 is 17.7 Å². The van der Waals surface area contributed by atoms with E-state index in [1.54, 1.807) is 23.1 Å². The number of amides is 1. The van der Waals surface area contributed by atoms with Crippen LogP contribution in [0.1, 0.15) is 69.2 Å². The summed E-state index contributed by atoms with van der Waals surface area (Å²) in [5.74, 6) is 0.0535. The molecule has 1 amide bonds. The number of hydrogen-bond donors (Lipinski definition) is 1. The van der Waals surface area contributed by atoms with Gasteiger partial charge in [-0.25, -0.2) is 0 Å². The molecule has 0 bridgehead atoms. The SMILES string of the molecule is CCCCOc1ccc(C2/C(=C(/O)c3ccc(OCCC)c(C)c3)C(=O)C(=O)N2CCC)cc1. The average molecular weight is 466 g/mol. The van der Waals surface area contributed by atoms with Gasteiger partial charge in [-0.15, -0.1) is 0 Å². The molecule has 1 saturated heterocycles. The molecule has 0 aliphatic carbocycles. The van der Waals surface area contributed by atoms with Gasteiger partial charge in [-0.3, -0.25) is 9.59 Å². The lowest BCUT2D eigenvalue weighted by Crippen LogP contribution is -2.30. The Labute approximate surface area is 202 Å². The van der Waals surface area contributed by atoms with Crippen LogP contribution >= 0.6 is 0 Å². The first-order chi connectivity index (χ1) is 16.4. The summed E-state index contributed by atoms with van der Waals surface area (Å²) in [7, 11) is 0. The van der Waals surface area contributed by atoms with E-state index in [0.717, 1.165) is 41.9 Å². The van der Waals surface area contributed by atoms with Gasteiger partial charge in [0.25, 0.3) is 11.7 Å². The summed E-state index contributed by atoms with van der Waals surface area (Å²) in [6.45, 7) is 9.66. The molecule has 1 atom stereocenters. The number of aryl methyl sites for hydroxylation is 1. The molecule has 0 aromatic heterocycles. The minimum Gasteiger partial charge on any atom is -0.507 e. The molecule has 0 spiro atoms. The highest BCUT2D eigenvalue weighted by Crippen LogP contribution is 2.40. The fourth-order valence-corrected chi connectivity index (χ4v) is 4.10. The number of carbonyl (C=O) groups excluding carboxylic acids is 2. The second-order valence-electron chi connectivity index (χ2n) is 8.59. The number of Topliss-reactive ketones (excluding diaryl/α,β-unsaturated/α-hetero) is 1. The minimum atomic E-state index is -0.664. The third-order valence-corrected chi connectivity index (χ3v) is 5.88. The zero-order chi connectivity index (χ0) is 24.7. The van der Waals surface area contributed by atoms with Crippen LogP contribution < -0.4 is 9.47 Å². The van der Waals surface area contributed by atoms with Crippen molar-refractivity contribution < 1.29 is 24.2 Å². The predicted molar refractivity (Wildman–Crippen MR) is 133 cm³/mol. The van der Waals surface area contributed by atoms with Crippen LogP contribution in [-0.4, -0.2) is 41.5 Å². The van der Waals surface area contributed by atoms with E-state index >= 15 is 0 Å². The second kappa shape index (κ2) is 11.7. The first kappa shape index (κ1) is 25.3. The van der Waals surface area contributed by atoms with Crippen LogP contribution in [0.5, 0.6) is 11.5 Å². The Kier molecular flexibility index (Phi) is 8.74. The van der Waals surface area contributed by atoms with Crippen molar-refractivity contribution in [3.63, 3.8) is 0 Å². The summed E-state index contributed by atoms with van der Waals surface area (Å²) in [5.41, 5.74) is 2.21. The van der Waals surface area contributed by atoms with Crippen molar-refractivity contribution in [1.82, 2.24) is 4.90 Å². The van der Waals surface area contributed by atoms with Gasteiger partial charge in [-0.2, -0.15) is 0 Å². The average Bonchev–Trinajstić information content (AvgIpc) is 3.08. The van der Waals surface area contributed by atoms with Crippen molar-refractivity contribution in [1.29, 1.82) is 0 Å². The van der Waals surface area contributed by atoms with Crippen LogP contribution in [0.25, 0.3) is 5.76 Å². The number of carbonyl (C=O) groups is 2. The summed E-state index contributed by atoms with van der Waals surface area (Å²) in [6, 6.07) is 12.1. The number of nitrogens with zero attached hydrogens (tertiary/aromatic N) is 1. The van der Waals surface area contributed by atoms with Crippen molar-refractivity contribution in [3.8, 4) is 11.5 Å². The van der Waals surface area contributed by atoms with Gasteiger partial charge in [0.15, 0.2) is 0 Å². The van der Waals surface area contributed by atoms with Crippen LogP contribution in [0.2, 0.25) is 0 Å². The molecule has 34 heavy (non-hydrogen) atoms. The lowest BCUT2D eigenvalue weighted by molar-refractivity contribution is -0.139. The van der Waals surface area contributed by atoms with Crippen molar-refractivity contribution >= 4 is 17.4 Å². The fraction of sp³-hybridized carbons (Fsp3) is 0.429. The third kappa shape index (κ3) is 5.44. The summed E-state index contributed by atoms with van der Waals surface area (Å²) < 4.78 is 11.5. The minimum absolute atomic E-state index is 0.111. The zero-order valence-electron chi connectivity index (χ0n) is 20.6.